The summed E-state index contributed by atoms with van der Waals surface area (Å²) >= 11 is 0. The molecular weight excluding hydrogens is 230 g/mol. The van der Waals surface area contributed by atoms with E-state index in [9.17, 15) is 4.79 Å². The minimum Gasteiger partial charge on any atom is -0.372 e. The first-order chi connectivity index (χ1) is 8.70. The van der Waals surface area contributed by atoms with Gasteiger partial charge in [0.25, 0.3) is 5.91 Å². The number of ether oxygens (including phenoxy) is 1. The van der Waals surface area contributed by atoms with Crippen molar-refractivity contribution < 1.29 is 9.53 Å². The molecule has 1 fully saturated rings. The van der Waals surface area contributed by atoms with Crippen LogP contribution in [0.3, 0.4) is 0 Å². The second-order valence-electron chi connectivity index (χ2n) is 4.47. The molecule has 1 saturated heterocycles. The predicted octanol–water partition coefficient (Wildman–Crippen LogP) is 1.66. The molecule has 0 aliphatic carbocycles. The number of nitrogens with zero attached hydrogens (tertiary/aromatic N) is 2. The van der Waals surface area contributed by atoms with Crippen LogP contribution >= 0.6 is 0 Å². The van der Waals surface area contributed by atoms with E-state index in [1.54, 1.807) is 13.1 Å². The number of anilines is 2. The number of methoxy groups -OCH3 is 1. The Balaban J connectivity index is 1.97. The molecule has 1 aliphatic rings. The molecule has 1 aromatic rings. The number of hydrogen-bond acceptors (Lipinski definition) is 4. The molecule has 2 rings (SSSR count). The molecule has 1 aromatic heterocycles. The van der Waals surface area contributed by atoms with Gasteiger partial charge < -0.3 is 15.0 Å². The van der Waals surface area contributed by atoms with Gasteiger partial charge in [-0.1, -0.05) is 0 Å². The Hall–Kier alpha value is -1.62. The average molecular weight is 249 g/mol. The zero-order valence-corrected chi connectivity index (χ0v) is 10.8. The second-order valence-corrected chi connectivity index (χ2v) is 4.47. The number of rotatable bonds is 4. The Labute approximate surface area is 107 Å². The van der Waals surface area contributed by atoms with Crippen LogP contribution in [-0.2, 0) is 9.53 Å². The average Bonchev–Trinajstić information content (AvgIpc) is 2.92. The highest BCUT2D eigenvalue weighted by Gasteiger charge is 2.14. The molecule has 98 valence electrons. The fourth-order valence-corrected chi connectivity index (χ4v) is 1.94. The van der Waals surface area contributed by atoms with Gasteiger partial charge in [-0.15, -0.1) is 0 Å². The van der Waals surface area contributed by atoms with E-state index in [1.807, 2.05) is 12.1 Å². The number of nitrogens with one attached hydrogen (secondary N) is 1. The molecule has 0 bridgehead atoms. The van der Waals surface area contributed by atoms with Crippen molar-refractivity contribution in [3.8, 4) is 0 Å². The zero-order chi connectivity index (χ0) is 13.0. The molecule has 1 aliphatic heterocycles. The van der Waals surface area contributed by atoms with Crippen LogP contribution in [-0.4, -0.2) is 37.2 Å². The van der Waals surface area contributed by atoms with Crippen LogP contribution in [0.5, 0.6) is 0 Å². The topological polar surface area (TPSA) is 54.5 Å². The molecule has 0 saturated carbocycles. The third kappa shape index (κ3) is 2.98. The lowest BCUT2D eigenvalue weighted by Crippen LogP contribution is -2.26. The summed E-state index contributed by atoms with van der Waals surface area (Å²) in [6.07, 6.45) is 3.69. The number of carbonyl (C=O) groups is 1. The SMILES string of the molecule is COC(C)C(=O)Nc1ccc(N2CCCC2)nc1. The Morgan fingerprint density at radius 3 is 2.72 bits per heavy atom. The van der Waals surface area contributed by atoms with Crippen LogP contribution in [0, 0.1) is 0 Å². The van der Waals surface area contributed by atoms with E-state index in [1.165, 1.54) is 20.0 Å². The van der Waals surface area contributed by atoms with Crippen LogP contribution in [0.1, 0.15) is 19.8 Å². The maximum Gasteiger partial charge on any atom is 0.253 e. The molecule has 5 nitrogen and oxygen atoms in total. The normalized spacial score (nSPS) is 16.7. The summed E-state index contributed by atoms with van der Waals surface area (Å²) in [5.74, 6) is 0.818. The highest BCUT2D eigenvalue weighted by Crippen LogP contribution is 2.19. The molecule has 1 unspecified atom stereocenters. The third-order valence-electron chi connectivity index (χ3n) is 3.17. The third-order valence-corrected chi connectivity index (χ3v) is 3.17. The van der Waals surface area contributed by atoms with Crippen LogP contribution in [0.15, 0.2) is 18.3 Å². The monoisotopic (exact) mass is 249 g/mol. The van der Waals surface area contributed by atoms with Crippen LogP contribution in [0.2, 0.25) is 0 Å². The smallest absolute Gasteiger partial charge is 0.253 e. The largest absolute Gasteiger partial charge is 0.372 e. The fourth-order valence-electron chi connectivity index (χ4n) is 1.94. The van der Waals surface area contributed by atoms with Crippen molar-refractivity contribution >= 4 is 17.4 Å². The van der Waals surface area contributed by atoms with Gasteiger partial charge in [-0.2, -0.15) is 0 Å². The van der Waals surface area contributed by atoms with Gasteiger partial charge in [0, 0.05) is 20.2 Å². The van der Waals surface area contributed by atoms with Crippen LogP contribution in [0.25, 0.3) is 0 Å². The molecule has 1 amide bonds. The maximum absolute atomic E-state index is 11.6. The minimum absolute atomic E-state index is 0.159. The number of aromatic nitrogens is 1. The highest BCUT2D eigenvalue weighted by atomic mass is 16.5. The van der Waals surface area contributed by atoms with Crippen molar-refractivity contribution in [3.05, 3.63) is 18.3 Å². The number of hydrogen-bond donors (Lipinski definition) is 1. The Morgan fingerprint density at radius 1 is 1.44 bits per heavy atom. The standard InChI is InChI=1S/C13H19N3O2/c1-10(18-2)13(17)15-11-5-6-12(14-9-11)16-7-3-4-8-16/h5-6,9-10H,3-4,7-8H2,1-2H3,(H,15,17). The summed E-state index contributed by atoms with van der Waals surface area (Å²) in [7, 11) is 1.51. The molecular formula is C13H19N3O2. The second kappa shape index (κ2) is 5.82. The lowest BCUT2D eigenvalue weighted by atomic mass is 10.3. The van der Waals surface area contributed by atoms with Gasteiger partial charge in [-0.05, 0) is 31.9 Å². The van der Waals surface area contributed by atoms with E-state index < -0.39 is 6.10 Å². The van der Waals surface area contributed by atoms with Gasteiger partial charge in [0.1, 0.15) is 11.9 Å². The maximum atomic E-state index is 11.6. The Kier molecular flexibility index (Phi) is 4.15. The van der Waals surface area contributed by atoms with E-state index in [0.29, 0.717) is 5.69 Å². The highest BCUT2D eigenvalue weighted by molar-refractivity contribution is 5.93. The van der Waals surface area contributed by atoms with E-state index in [0.717, 1.165) is 18.9 Å². The summed E-state index contributed by atoms with van der Waals surface area (Å²) < 4.78 is 4.95. The first-order valence-electron chi connectivity index (χ1n) is 6.25. The summed E-state index contributed by atoms with van der Waals surface area (Å²) in [5, 5.41) is 2.77. The molecule has 2 heterocycles. The lowest BCUT2D eigenvalue weighted by Gasteiger charge is -2.16. The zero-order valence-electron chi connectivity index (χ0n) is 10.8. The van der Waals surface area contributed by atoms with E-state index >= 15 is 0 Å². The molecule has 0 aromatic carbocycles. The van der Waals surface area contributed by atoms with E-state index in [2.05, 4.69) is 15.2 Å². The molecule has 1 atom stereocenters. The Morgan fingerprint density at radius 2 is 2.17 bits per heavy atom. The van der Waals surface area contributed by atoms with Crippen molar-refractivity contribution in [1.82, 2.24) is 4.98 Å². The predicted molar refractivity (Wildman–Crippen MR) is 70.8 cm³/mol. The molecule has 0 spiro atoms. The number of pyridine rings is 1. The number of carbonyl (C=O) groups excluding carboxylic acids is 1. The quantitative estimate of drug-likeness (QED) is 0.881. The van der Waals surface area contributed by atoms with E-state index in [4.69, 9.17) is 4.74 Å². The Bertz CT molecular complexity index is 399. The van der Waals surface area contributed by atoms with Gasteiger partial charge in [0.15, 0.2) is 0 Å². The molecule has 5 heteroatoms. The lowest BCUT2D eigenvalue weighted by molar-refractivity contribution is -0.124. The van der Waals surface area contributed by atoms with Gasteiger partial charge in [-0.3, -0.25) is 4.79 Å². The van der Waals surface area contributed by atoms with Crippen LogP contribution in [0.4, 0.5) is 11.5 Å². The van der Waals surface area contributed by atoms with Gasteiger partial charge >= 0.3 is 0 Å². The van der Waals surface area contributed by atoms with Gasteiger partial charge in [-0.25, -0.2) is 4.98 Å². The summed E-state index contributed by atoms with van der Waals surface area (Å²) in [4.78, 5) is 18.2. The van der Waals surface area contributed by atoms with Gasteiger partial charge in [0.05, 0.1) is 11.9 Å². The molecule has 18 heavy (non-hydrogen) atoms. The summed E-state index contributed by atoms with van der Waals surface area (Å²) in [6, 6.07) is 3.82. The first-order valence-corrected chi connectivity index (χ1v) is 6.25. The van der Waals surface area contributed by atoms with Gasteiger partial charge in [0.2, 0.25) is 0 Å². The van der Waals surface area contributed by atoms with E-state index in [-0.39, 0.29) is 5.91 Å². The summed E-state index contributed by atoms with van der Waals surface area (Å²) in [6.45, 7) is 3.85. The first kappa shape index (κ1) is 12.8. The number of amides is 1. The van der Waals surface area contributed by atoms with Crippen LogP contribution < -0.4 is 10.2 Å². The van der Waals surface area contributed by atoms with Crippen molar-refractivity contribution in [2.45, 2.75) is 25.9 Å². The summed E-state index contributed by atoms with van der Waals surface area (Å²) in [5.41, 5.74) is 0.701. The molecule has 0 radical (unpaired) electrons. The van der Waals surface area contributed by atoms with Crippen molar-refractivity contribution in [2.24, 2.45) is 0 Å². The van der Waals surface area contributed by atoms with Crippen molar-refractivity contribution in [1.29, 1.82) is 0 Å². The minimum atomic E-state index is -0.455. The molecule has 1 N–H and O–H groups in total. The van der Waals surface area contributed by atoms with Crippen molar-refractivity contribution in [2.75, 3.05) is 30.4 Å². The van der Waals surface area contributed by atoms with Crippen molar-refractivity contribution in [3.63, 3.8) is 0 Å². The fraction of sp³-hybridized carbons (Fsp3) is 0.538.